The summed E-state index contributed by atoms with van der Waals surface area (Å²) in [6.45, 7) is 11.7. The Hall–Kier alpha value is -1.84. The Bertz CT molecular complexity index is 517. The Kier molecular flexibility index (Phi) is 6.79. The molecule has 4 nitrogen and oxygen atoms in total. The molecule has 0 heterocycles. The molecule has 1 aromatic carbocycles. The van der Waals surface area contributed by atoms with Gasteiger partial charge < -0.3 is 9.47 Å². The zero-order chi connectivity index (χ0) is 17.6. The molecule has 4 heteroatoms. The highest BCUT2D eigenvalue weighted by atomic mass is 16.6. The summed E-state index contributed by atoms with van der Waals surface area (Å²) < 4.78 is 11.1. The Morgan fingerprint density at radius 3 is 2.09 bits per heavy atom. The van der Waals surface area contributed by atoms with Crippen molar-refractivity contribution < 1.29 is 19.1 Å². The van der Waals surface area contributed by atoms with Crippen LogP contribution in [-0.4, -0.2) is 24.6 Å². The maximum absolute atomic E-state index is 12.1. The molecule has 1 atom stereocenters. The molecule has 0 radical (unpaired) electrons. The van der Waals surface area contributed by atoms with E-state index in [2.05, 4.69) is 0 Å². The quantitative estimate of drug-likeness (QED) is 0.710. The first-order valence-electron chi connectivity index (χ1n) is 8.08. The van der Waals surface area contributed by atoms with Crippen LogP contribution < -0.4 is 0 Å². The molecule has 0 aromatic heterocycles. The molecule has 1 unspecified atom stereocenters. The van der Waals surface area contributed by atoms with Crippen molar-refractivity contribution in [3.8, 4) is 0 Å². The minimum absolute atomic E-state index is 0.128. The molecule has 23 heavy (non-hydrogen) atoms. The molecule has 128 valence electrons. The molecule has 0 aliphatic heterocycles. The third-order valence-electron chi connectivity index (χ3n) is 3.68. The van der Waals surface area contributed by atoms with Crippen molar-refractivity contribution >= 4 is 11.9 Å². The second-order valence-electron chi connectivity index (χ2n) is 7.19. The normalized spacial score (nSPS) is 13.0. The molecule has 0 aliphatic rings. The zero-order valence-corrected chi connectivity index (χ0v) is 15.0. The van der Waals surface area contributed by atoms with Crippen LogP contribution in [0, 0.1) is 17.3 Å². The number of benzene rings is 1. The van der Waals surface area contributed by atoms with Gasteiger partial charge in [0.1, 0.15) is 12.7 Å². The van der Waals surface area contributed by atoms with E-state index in [1.54, 1.807) is 24.3 Å². The second kappa shape index (κ2) is 8.14. The summed E-state index contributed by atoms with van der Waals surface area (Å²) in [5, 5.41) is 0. The molecule has 0 aliphatic carbocycles. The van der Waals surface area contributed by atoms with E-state index < -0.39 is 5.41 Å². The molecule has 0 amide bonds. The Morgan fingerprint density at radius 1 is 1.04 bits per heavy atom. The summed E-state index contributed by atoms with van der Waals surface area (Å²) in [5.41, 5.74) is 0.0481. The van der Waals surface area contributed by atoms with Crippen molar-refractivity contribution in [1.29, 1.82) is 0 Å². The van der Waals surface area contributed by atoms with Crippen molar-refractivity contribution in [2.45, 2.75) is 47.6 Å². The fourth-order valence-corrected chi connectivity index (χ4v) is 2.45. The van der Waals surface area contributed by atoms with Gasteiger partial charge in [0.05, 0.1) is 11.5 Å². The van der Waals surface area contributed by atoms with Crippen LogP contribution in [-0.2, 0) is 14.3 Å². The largest absolute Gasteiger partial charge is 0.461 e. The smallest absolute Gasteiger partial charge is 0.338 e. The maximum Gasteiger partial charge on any atom is 0.338 e. The number of rotatable bonds is 7. The van der Waals surface area contributed by atoms with Gasteiger partial charge in [-0.2, -0.15) is 0 Å². The van der Waals surface area contributed by atoms with E-state index in [4.69, 9.17) is 9.47 Å². The molecule has 0 N–H and O–H groups in total. The van der Waals surface area contributed by atoms with E-state index in [1.807, 2.05) is 47.6 Å². The van der Waals surface area contributed by atoms with Gasteiger partial charge >= 0.3 is 11.9 Å². The number of hydrogen-bond acceptors (Lipinski definition) is 4. The van der Waals surface area contributed by atoms with Crippen molar-refractivity contribution in [3.05, 3.63) is 35.9 Å². The van der Waals surface area contributed by atoms with E-state index >= 15 is 0 Å². The molecule has 0 spiro atoms. The number of ether oxygens (including phenoxy) is 2. The molecular weight excluding hydrogens is 292 g/mol. The number of esters is 2. The molecule has 0 saturated heterocycles. The van der Waals surface area contributed by atoms with Crippen molar-refractivity contribution in [3.63, 3.8) is 0 Å². The van der Waals surface area contributed by atoms with E-state index in [1.165, 1.54) is 0 Å². The van der Waals surface area contributed by atoms with Crippen LogP contribution in [0.3, 0.4) is 0 Å². The minimum Gasteiger partial charge on any atom is -0.461 e. The second-order valence-corrected chi connectivity index (χ2v) is 7.19. The first-order chi connectivity index (χ1) is 10.6. The first-order valence-corrected chi connectivity index (χ1v) is 8.08. The summed E-state index contributed by atoms with van der Waals surface area (Å²) in [6.07, 6.45) is -0.319. The van der Waals surface area contributed by atoms with Gasteiger partial charge in [-0.15, -0.1) is 0 Å². The van der Waals surface area contributed by atoms with Crippen molar-refractivity contribution in [2.75, 3.05) is 6.61 Å². The van der Waals surface area contributed by atoms with Gasteiger partial charge in [0.2, 0.25) is 0 Å². The van der Waals surface area contributed by atoms with E-state index in [9.17, 15) is 9.59 Å². The monoisotopic (exact) mass is 320 g/mol. The highest BCUT2D eigenvalue weighted by Crippen LogP contribution is 2.30. The molecule has 1 rings (SSSR count). The third kappa shape index (κ3) is 5.70. The lowest BCUT2D eigenvalue weighted by Gasteiger charge is -2.36. The van der Waals surface area contributed by atoms with Crippen LogP contribution in [0.4, 0.5) is 0 Å². The molecule has 1 aromatic rings. The summed E-state index contributed by atoms with van der Waals surface area (Å²) >= 11 is 0. The fraction of sp³-hybridized carbons (Fsp3) is 0.579. The molecular formula is C19H28O4. The van der Waals surface area contributed by atoms with Crippen LogP contribution in [0.5, 0.6) is 0 Å². The highest BCUT2D eigenvalue weighted by molar-refractivity contribution is 5.89. The van der Waals surface area contributed by atoms with Gasteiger partial charge in [0, 0.05) is 5.41 Å². The van der Waals surface area contributed by atoms with Gasteiger partial charge in [0.25, 0.3) is 0 Å². The van der Waals surface area contributed by atoms with Crippen LogP contribution >= 0.6 is 0 Å². The van der Waals surface area contributed by atoms with Crippen LogP contribution in [0.1, 0.15) is 51.9 Å². The van der Waals surface area contributed by atoms with Crippen molar-refractivity contribution in [2.24, 2.45) is 17.3 Å². The van der Waals surface area contributed by atoms with Crippen LogP contribution in [0.2, 0.25) is 0 Å². The van der Waals surface area contributed by atoms with E-state index in [0.29, 0.717) is 5.56 Å². The minimum atomic E-state index is -0.469. The lowest BCUT2D eigenvalue weighted by atomic mass is 9.81. The molecule has 0 saturated carbocycles. The van der Waals surface area contributed by atoms with Gasteiger partial charge in [-0.05, 0) is 18.1 Å². The first kappa shape index (κ1) is 19.2. The predicted molar refractivity (Wildman–Crippen MR) is 90.1 cm³/mol. The van der Waals surface area contributed by atoms with E-state index in [0.717, 1.165) is 0 Å². The molecule has 0 bridgehead atoms. The summed E-state index contributed by atoms with van der Waals surface area (Å²) in [7, 11) is 0. The Labute approximate surface area is 139 Å². The lowest BCUT2D eigenvalue weighted by molar-refractivity contribution is -0.164. The van der Waals surface area contributed by atoms with Gasteiger partial charge in [-0.3, -0.25) is 4.79 Å². The summed E-state index contributed by atoms with van der Waals surface area (Å²) in [6, 6.07) is 8.87. The van der Waals surface area contributed by atoms with Gasteiger partial charge in [0.15, 0.2) is 0 Å². The van der Waals surface area contributed by atoms with Crippen molar-refractivity contribution in [1.82, 2.24) is 0 Å². The van der Waals surface area contributed by atoms with Gasteiger partial charge in [-0.25, -0.2) is 4.79 Å². The van der Waals surface area contributed by atoms with Crippen LogP contribution in [0.25, 0.3) is 0 Å². The van der Waals surface area contributed by atoms with Crippen LogP contribution in [0.15, 0.2) is 30.3 Å². The predicted octanol–water partition coefficient (Wildman–Crippen LogP) is 4.09. The SMILES string of the molecule is CC(C)C(=O)OC(C(C)C)C(C)(C)COC(=O)c1ccccc1. The Morgan fingerprint density at radius 2 is 1.61 bits per heavy atom. The maximum atomic E-state index is 12.1. The number of hydrogen-bond donors (Lipinski definition) is 0. The average Bonchev–Trinajstić information content (AvgIpc) is 2.50. The number of carbonyl (C=O) groups is 2. The van der Waals surface area contributed by atoms with E-state index in [-0.39, 0.29) is 36.5 Å². The third-order valence-corrected chi connectivity index (χ3v) is 3.68. The Balaban J connectivity index is 2.74. The standard InChI is InChI=1S/C19H28O4/c1-13(2)16(23-17(20)14(3)4)19(5,6)12-22-18(21)15-10-8-7-9-11-15/h7-11,13-14,16H,12H2,1-6H3. The fourth-order valence-electron chi connectivity index (χ4n) is 2.45. The average molecular weight is 320 g/mol. The zero-order valence-electron chi connectivity index (χ0n) is 15.0. The topological polar surface area (TPSA) is 52.6 Å². The summed E-state index contributed by atoms with van der Waals surface area (Å²) in [4.78, 5) is 24.0. The molecule has 0 fully saturated rings. The highest BCUT2D eigenvalue weighted by Gasteiger charge is 2.37. The lowest BCUT2D eigenvalue weighted by Crippen LogP contribution is -2.42. The van der Waals surface area contributed by atoms with Gasteiger partial charge in [-0.1, -0.05) is 59.7 Å². The number of carbonyl (C=O) groups excluding carboxylic acids is 2. The summed E-state index contributed by atoms with van der Waals surface area (Å²) in [5.74, 6) is -0.649.